The minimum absolute atomic E-state index is 0.234. The third-order valence-electron chi connectivity index (χ3n) is 3.48. The lowest BCUT2D eigenvalue weighted by molar-refractivity contribution is -0.123. The number of imide groups is 1. The molecule has 22 heavy (non-hydrogen) atoms. The highest BCUT2D eigenvalue weighted by Crippen LogP contribution is 2.20. The van der Waals surface area contributed by atoms with Crippen molar-refractivity contribution in [1.29, 1.82) is 0 Å². The topological polar surface area (TPSA) is 61.8 Å². The maximum absolute atomic E-state index is 12.0. The average molecular weight is 293 g/mol. The van der Waals surface area contributed by atoms with Gasteiger partial charge in [-0.1, -0.05) is 60.7 Å². The fourth-order valence-corrected chi connectivity index (χ4v) is 2.31. The van der Waals surface area contributed by atoms with E-state index in [2.05, 4.69) is 10.4 Å². The number of amides is 3. The van der Waals surface area contributed by atoms with Crippen LogP contribution >= 0.6 is 0 Å². The van der Waals surface area contributed by atoms with Crippen molar-refractivity contribution in [3.63, 3.8) is 0 Å². The number of hydrazone groups is 1. The molecular formula is C17H15N3O2. The molecular weight excluding hydrogens is 278 g/mol. The Labute approximate surface area is 128 Å². The Bertz CT molecular complexity index is 698. The predicted octanol–water partition coefficient (Wildman–Crippen LogP) is 2.36. The summed E-state index contributed by atoms with van der Waals surface area (Å²) < 4.78 is 0. The van der Waals surface area contributed by atoms with Gasteiger partial charge in [-0.05, 0) is 11.1 Å². The van der Waals surface area contributed by atoms with Gasteiger partial charge in [-0.15, -0.1) is 0 Å². The van der Waals surface area contributed by atoms with Crippen molar-refractivity contribution in [2.45, 2.75) is 5.92 Å². The molecule has 2 aromatic rings. The fourth-order valence-electron chi connectivity index (χ4n) is 2.31. The normalized spacial score (nSPS) is 18.5. The van der Waals surface area contributed by atoms with E-state index in [1.165, 1.54) is 5.01 Å². The minimum atomic E-state index is -0.496. The molecule has 110 valence electrons. The summed E-state index contributed by atoms with van der Waals surface area (Å²) >= 11 is 0. The standard InChI is InChI=1S/C17H15N3O2/c21-16-15(14-9-5-2-6-10-14)12-20(17(22)19-16)18-11-13-7-3-1-4-8-13/h1-11,15H,12H2,(H,19,21,22)/b18-11-/t15-/m1/s1. The molecule has 5 nitrogen and oxygen atoms in total. The number of benzene rings is 2. The number of carbonyl (C=O) groups is 2. The summed E-state index contributed by atoms with van der Waals surface area (Å²) in [6.45, 7) is 0.234. The molecule has 3 rings (SSSR count). The summed E-state index contributed by atoms with van der Waals surface area (Å²) in [6.07, 6.45) is 1.61. The molecule has 2 aromatic carbocycles. The molecule has 0 aliphatic carbocycles. The van der Waals surface area contributed by atoms with Gasteiger partial charge in [-0.3, -0.25) is 10.1 Å². The van der Waals surface area contributed by atoms with E-state index in [0.29, 0.717) is 0 Å². The van der Waals surface area contributed by atoms with Crippen molar-refractivity contribution in [2.24, 2.45) is 5.10 Å². The van der Waals surface area contributed by atoms with E-state index >= 15 is 0 Å². The van der Waals surface area contributed by atoms with Crippen molar-refractivity contribution in [3.8, 4) is 0 Å². The van der Waals surface area contributed by atoms with Crippen LogP contribution in [0.5, 0.6) is 0 Å². The van der Waals surface area contributed by atoms with Gasteiger partial charge >= 0.3 is 6.03 Å². The number of nitrogens with zero attached hydrogens (tertiary/aromatic N) is 2. The van der Waals surface area contributed by atoms with Gasteiger partial charge in [0.05, 0.1) is 18.7 Å². The molecule has 0 unspecified atom stereocenters. The van der Waals surface area contributed by atoms with Crippen LogP contribution in [0.25, 0.3) is 0 Å². The Morgan fingerprint density at radius 2 is 1.64 bits per heavy atom. The van der Waals surface area contributed by atoms with E-state index in [-0.39, 0.29) is 12.5 Å². The molecule has 1 saturated heterocycles. The fraction of sp³-hybridized carbons (Fsp3) is 0.118. The monoisotopic (exact) mass is 293 g/mol. The molecule has 1 heterocycles. The molecule has 0 bridgehead atoms. The van der Waals surface area contributed by atoms with Crippen LogP contribution < -0.4 is 5.32 Å². The maximum atomic E-state index is 12.0. The van der Waals surface area contributed by atoms with Crippen LogP contribution in [0.1, 0.15) is 17.0 Å². The largest absolute Gasteiger partial charge is 0.344 e. The van der Waals surface area contributed by atoms with Crippen LogP contribution in [-0.2, 0) is 4.79 Å². The Morgan fingerprint density at radius 1 is 1.00 bits per heavy atom. The van der Waals surface area contributed by atoms with E-state index in [0.717, 1.165) is 11.1 Å². The Kier molecular flexibility index (Phi) is 3.96. The van der Waals surface area contributed by atoms with Gasteiger partial charge in [0.2, 0.25) is 5.91 Å². The van der Waals surface area contributed by atoms with Crippen LogP contribution in [0.4, 0.5) is 4.79 Å². The van der Waals surface area contributed by atoms with Crippen molar-refractivity contribution < 1.29 is 9.59 Å². The van der Waals surface area contributed by atoms with Crippen LogP contribution in [-0.4, -0.2) is 29.7 Å². The van der Waals surface area contributed by atoms with Gasteiger partial charge in [0, 0.05) is 0 Å². The predicted molar refractivity (Wildman–Crippen MR) is 83.5 cm³/mol. The lowest BCUT2D eigenvalue weighted by atomic mass is 9.97. The van der Waals surface area contributed by atoms with E-state index in [1.54, 1.807) is 6.21 Å². The zero-order valence-corrected chi connectivity index (χ0v) is 11.8. The van der Waals surface area contributed by atoms with Crippen LogP contribution in [0.2, 0.25) is 0 Å². The second kappa shape index (κ2) is 6.22. The molecule has 3 amide bonds. The van der Waals surface area contributed by atoms with E-state index in [4.69, 9.17) is 0 Å². The molecule has 0 spiro atoms. The molecule has 0 radical (unpaired) electrons. The van der Waals surface area contributed by atoms with E-state index < -0.39 is 11.9 Å². The molecule has 0 saturated carbocycles. The van der Waals surface area contributed by atoms with Crippen LogP contribution in [0.15, 0.2) is 65.8 Å². The second-order valence-electron chi connectivity index (χ2n) is 5.00. The van der Waals surface area contributed by atoms with Gasteiger partial charge in [0.15, 0.2) is 0 Å². The number of rotatable bonds is 3. The minimum Gasteiger partial charge on any atom is -0.276 e. The van der Waals surface area contributed by atoms with Crippen molar-refractivity contribution in [3.05, 3.63) is 71.8 Å². The Hall–Kier alpha value is -2.95. The summed E-state index contributed by atoms with van der Waals surface area (Å²) in [6, 6.07) is 18.4. The zero-order chi connectivity index (χ0) is 15.4. The number of carbonyl (C=O) groups excluding carboxylic acids is 2. The summed E-state index contributed by atoms with van der Waals surface area (Å²) in [7, 11) is 0. The number of nitrogens with one attached hydrogen (secondary N) is 1. The number of urea groups is 1. The zero-order valence-electron chi connectivity index (χ0n) is 11.8. The average Bonchev–Trinajstić information content (AvgIpc) is 2.56. The van der Waals surface area contributed by atoms with Gasteiger partial charge in [0.25, 0.3) is 0 Å². The van der Waals surface area contributed by atoms with Gasteiger partial charge < -0.3 is 0 Å². The van der Waals surface area contributed by atoms with Crippen molar-refractivity contribution in [1.82, 2.24) is 10.3 Å². The smallest absolute Gasteiger partial charge is 0.276 e. The van der Waals surface area contributed by atoms with Crippen LogP contribution in [0.3, 0.4) is 0 Å². The Balaban J connectivity index is 1.78. The summed E-state index contributed by atoms with van der Waals surface area (Å²) in [5, 5.41) is 7.82. The highest BCUT2D eigenvalue weighted by atomic mass is 16.2. The molecule has 1 aliphatic heterocycles. The molecule has 1 atom stereocenters. The molecule has 1 fully saturated rings. The van der Waals surface area contributed by atoms with E-state index in [1.807, 2.05) is 60.7 Å². The highest BCUT2D eigenvalue weighted by Gasteiger charge is 2.33. The molecule has 1 N–H and O–H groups in total. The first-order valence-corrected chi connectivity index (χ1v) is 7.00. The first-order valence-electron chi connectivity index (χ1n) is 7.00. The summed E-state index contributed by atoms with van der Waals surface area (Å²) in [4.78, 5) is 23.9. The Morgan fingerprint density at radius 3 is 2.32 bits per heavy atom. The van der Waals surface area contributed by atoms with Gasteiger partial charge in [-0.2, -0.15) is 5.10 Å². The lowest BCUT2D eigenvalue weighted by Gasteiger charge is -2.28. The van der Waals surface area contributed by atoms with Gasteiger partial charge in [-0.25, -0.2) is 9.80 Å². The molecule has 0 aromatic heterocycles. The lowest BCUT2D eigenvalue weighted by Crippen LogP contribution is -2.51. The van der Waals surface area contributed by atoms with Crippen LogP contribution in [0, 0.1) is 0 Å². The molecule has 5 heteroatoms. The second-order valence-corrected chi connectivity index (χ2v) is 5.00. The molecule has 1 aliphatic rings. The van der Waals surface area contributed by atoms with Crippen molar-refractivity contribution >= 4 is 18.2 Å². The number of hydrogen-bond donors (Lipinski definition) is 1. The maximum Gasteiger partial charge on any atom is 0.344 e. The first kappa shape index (κ1) is 14.0. The third-order valence-corrected chi connectivity index (χ3v) is 3.48. The highest BCUT2D eigenvalue weighted by molar-refractivity contribution is 6.00. The van der Waals surface area contributed by atoms with Gasteiger partial charge in [0.1, 0.15) is 0 Å². The SMILES string of the molecule is O=C1NC(=O)N(/N=C\c2ccccc2)C[C@@H]1c1ccccc1. The third kappa shape index (κ3) is 3.03. The number of hydrogen-bond acceptors (Lipinski definition) is 3. The summed E-state index contributed by atoms with van der Waals surface area (Å²) in [5.74, 6) is -0.700. The van der Waals surface area contributed by atoms with E-state index in [9.17, 15) is 9.59 Å². The first-order chi connectivity index (χ1) is 10.7. The quantitative estimate of drug-likeness (QED) is 0.883. The summed E-state index contributed by atoms with van der Waals surface area (Å²) in [5.41, 5.74) is 1.76. The van der Waals surface area contributed by atoms with Crippen molar-refractivity contribution in [2.75, 3.05) is 6.54 Å².